The van der Waals surface area contributed by atoms with Crippen molar-refractivity contribution in [3.8, 4) is 11.5 Å². The number of anilines is 1. The quantitative estimate of drug-likeness (QED) is 0.433. The summed E-state index contributed by atoms with van der Waals surface area (Å²) in [6.45, 7) is 5.62. The molecule has 8 nitrogen and oxygen atoms in total. The molecule has 0 unspecified atom stereocenters. The summed E-state index contributed by atoms with van der Waals surface area (Å²) in [7, 11) is 0. The van der Waals surface area contributed by atoms with Gasteiger partial charge in [-0.1, -0.05) is 31.2 Å². The van der Waals surface area contributed by atoms with E-state index in [2.05, 4.69) is 10.3 Å². The normalized spacial score (nSPS) is 11.8. The van der Waals surface area contributed by atoms with Crippen LogP contribution in [0.1, 0.15) is 30.4 Å². The number of aryl methyl sites for hydroxylation is 2. The predicted molar refractivity (Wildman–Crippen MR) is 124 cm³/mol. The molecule has 0 radical (unpaired) electrons. The van der Waals surface area contributed by atoms with Gasteiger partial charge in [0.05, 0.1) is 11.4 Å². The highest BCUT2D eigenvalue weighted by molar-refractivity contribution is 5.95. The summed E-state index contributed by atoms with van der Waals surface area (Å²) < 4.78 is 18.2. The van der Waals surface area contributed by atoms with Gasteiger partial charge in [-0.15, -0.1) is 4.57 Å². The first kappa shape index (κ1) is 22.1. The van der Waals surface area contributed by atoms with Gasteiger partial charge >= 0.3 is 0 Å². The third kappa shape index (κ3) is 5.23. The molecule has 1 atom stereocenters. The fourth-order valence-electron chi connectivity index (χ4n) is 3.35. The van der Waals surface area contributed by atoms with Gasteiger partial charge in [-0.2, -0.15) is 0 Å². The van der Waals surface area contributed by atoms with Crippen LogP contribution in [-0.4, -0.2) is 21.6 Å². The van der Waals surface area contributed by atoms with Crippen LogP contribution in [0.25, 0.3) is 5.65 Å². The lowest BCUT2D eigenvalue weighted by Crippen LogP contribution is -2.32. The Hall–Kier alpha value is -4.07. The van der Waals surface area contributed by atoms with E-state index in [4.69, 9.17) is 14.0 Å². The van der Waals surface area contributed by atoms with Crippen LogP contribution in [0.15, 0.2) is 70.0 Å². The molecule has 1 N–H and O–H groups in total. The molecule has 0 saturated carbocycles. The second kappa shape index (κ2) is 9.60. The van der Waals surface area contributed by atoms with Crippen LogP contribution in [-0.2, 0) is 11.4 Å². The van der Waals surface area contributed by atoms with Crippen molar-refractivity contribution in [3.63, 3.8) is 0 Å². The fourth-order valence-corrected chi connectivity index (χ4v) is 3.35. The van der Waals surface area contributed by atoms with E-state index in [1.54, 1.807) is 19.1 Å². The summed E-state index contributed by atoms with van der Waals surface area (Å²) in [5, 5.41) is 2.90. The fraction of sp³-hybridized carbons (Fsp3) is 0.240. The Labute approximate surface area is 190 Å². The van der Waals surface area contributed by atoms with Crippen molar-refractivity contribution in [2.75, 3.05) is 5.32 Å². The van der Waals surface area contributed by atoms with Crippen molar-refractivity contribution < 1.29 is 18.8 Å². The van der Waals surface area contributed by atoms with E-state index in [1.807, 2.05) is 56.3 Å². The maximum atomic E-state index is 12.9. The molecule has 0 fully saturated rings. The van der Waals surface area contributed by atoms with Crippen LogP contribution in [0.5, 0.6) is 11.5 Å². The molecule has 0 saturated heterocycles. The van der Waals surface area contributed by atoms with Crippen LogP contribution < -0.4 is 20.3 Å². The second-order valence-corrected chi connectivity index (χ2v) is 7.69. The summed E-state index contributed by atoms with van der Waals surface area (Å²) in [6.07, 6.45) is -0.157. The summed E-state index contributed by atoms with van der Waals surface area (Å²) >= 11 is 0. The topological polar surface area (TPSA) is 95.1 Å². The van der Waals surface area contributed by atoms with Crippen molar-refractivity contribution in [1.82, 2.24) is 9.56 Å². The van der Waals surface area contributed by atoms with Gasteiger partial charge in [-0.05, 0) is 50.1 Å². The predicted octanol–water partition coefficient (Wildman–Crippen LogP) is 4.28. The second-order valence-electron chi connectivity index (χ2n) is 7.69. The lowest BCUT2D eigenvalue weighted by Gasteiger charge is -2.19. The zero-order valence-corrected chi connectivity index (χ0v) is 18.7. The Kier molecular flexibility index (Phi) is 6.44. The number of nitrogens with zero attached hydrogens (tertiary/aromatic N) is 2. The van der Waals surface area contributed by atoms with Crippen LogP contribution in [0.4, 0.5) is 5.69 Å². The molecular weight excluding hydrogens is 422 g/mol. The van der Waals surface area contributed by atoms with Gasteiger partial charge in [0.25, 0.3) is 11.5 Å². The van der Waals surface area contributed by atoms with Gasteiger partial charge in [0.2, 0.25) is 0 Å². The number of aromatic nitrogens is 2. The Morgan fingerprint density at radius 1 is 1.12 bits per heavy atom. The van der Waals surface area contributed by atoms with Crippen LogP contribution in [0.2, 0.25) is 0 Å². The number of amides is 1. The molecule has 0 spiro atoms. The number of carbonyl (C=O) groups is 1. The summed E-state index contributed by atoms with van der Waals surface area (Å²) in [6, 6.07) is 17.7. The zero-order chi connectivity index (χ0) is 23.4. The first-order valence-corrected chi connectivity index (χ1v) is 10.7. The van der Waals surface area contributed by atoms with Crippen molar-refractivity contribution in [2.45, 2.75) is 39.9 Å². The Morgan fingerprint density at radius 2 is 1.91 bits per heavy atom. The number of ether oxygens (including phenoxy) is 2. The standard InChI is InChI=1S/C25H25N3O5/c1-4-21(32-19-8-6-5-7-9-19)25(30)27-20-11-10-16(2)12-22(20)31-15-18-14-24(29)28-23(26-18)13-17(3)33-28/h5-14,21H,4,15H2,1-3H3,(H,27,30)/t21-/m0/s1. The maximum absolute atomic E-state index is 12.9. The number of fused-ring (bicyclic) bond motifs is 1. The number of para-hydroxylation sites is 1. The highest BCUT2D eigenvalue weighted by atomic mass is 16.5. The third-order valence-corrected chi connectivity index (χ3v) is 4.98. The minimum atomic E-state index is -0.657. The average Bonchev–Trinajstić information content (AvgIpc) is 3.19. The minimum absolute atomic E-state index is 0.0556. The molecule has 0 aliphatic rings. The number of hydrogen-bond acceptors (Lipinski definition) is 6. The molecule has 0 bridgehead atoms. The van der Waals surface area contributed by atoms with Gasteiger partial charge in [0.1, 0.15) is 23.9 Å². The Bertz CT molecular complexity index is 1330. The molecule has 8 heteroatoms. The first-order valence-electron chi connectivity index (χ1n) is 10.7. The summed E-state index contributed by atoms with van der Waals surface area (Å²) in [4.78, 5) is 29.6. The number of benzene rings is 2. The van der Waals surface area contributed by atoms with E-state index >= 15 is 0 Å². The monoisotopic (exact) mass is 447 g/mol. The van der Waals surface area contributed by atoms with Crippen molar-refractivity contribution >= 4 is 17.2 Å². The van der Waals surface area contributed by atoms with Crippen molar-refractivity contribution in [3.05, 3.63) is 88.0 Å². The first-order chi connectivity index (χ1) is 15.9. The number of carbonyl (C=O) groups excluding carboxylic acids is 1. The Morgan fingerprint density at radius 3 is 2.67 bits per heavy atom. The summed E-state index contributed by atoms with van der Waals surface area (Å²) in [5.74, 6) is 1.41. The lowest BCUT2D eigenvalue weighted by molar-refractivity contribution is -0.122. The van der Waals surface area contributed by atoms with Gasteiger partial charge in [0.15, 0.2) is 11.8 Å². The molecule has 1 amide bonds. The molecule has 0 aliphatic heterocycles. The van der Waals surface area contributed by atoms with Gasteiger partial charge in [0, 0.05) is 12.1 Å². The SMILES string of the molecule is CC[C@H](Oc1ccccc1)C(=O)Nc1ccc(C)cc1OCc1cc(=O)n2oc(C)cc2n1. The summed E-state index contributed by atoms with van der Waals surface area (Å²) in [5.41, 5.74) is 2.02. The molecule has 33 heavy (non-hydrogen) atoms. The molecule has 0 aliphatic carbocycles. The molecule has 170 valence electrons. The van der Waals surface area contributed by atoms with E-state index < -0.39 is 6.10 Å². The van der Waals surface area contributed by atoms with Gasteiger partial charge in [-0.3, -0.25) is 9.59 Å². The maximum Gasteiger partial charge on any atom is 0.287 e. The van der Waals surface area contributed by atoms with Gasteiger partial charge < -0.3 is 19.3 Å². The molecule has 2 aromatic heterocycles. The molecule has 4 aromatic rings. The largest absolute Gasteiger partial charge is 0.485 e. The number of rotatable bonds is 8. The van der Waals surface area contributed by atoms with Gasteiger partial charge in [-0.25, -0.2) is 4.98 Å². The highest BCUT2D eigenvalue weighted by Crippen LogP contribution is 2.27. The van der Waals surface area contributed by atoms with Crippen molar-refractivity contribution in [1.29, 1.82) is 0 Å². The van der Waals surface area contributed by atoms with Crippen molar-refractivity contribution in [2.24, 2.45) is 0 Å². The van der Waals surface area contributed by atoms with Crippen LogP contribution >= 0.6 is 0 Å². The minimum Gasteiger partial charge on any atom is -0.485 e. The van der Waals surface area contributed by atoms with E-state index in [1.165, 1.54) is 6.07 Å². The van der Waals surface area contributed by atoms with E-state index in [0.717, 1.165) is 10.1 Å². The third-order valence-electron chi connectivity index (χ3n) is 4.98. The number of nitrogens with one attached hydrogen (secondary N) is 1. The zero-order valence-electron chi connectivity index (χ0n) is 18.7. The van der Waals surface area contributed by atoms with Crippen LogP contribution in [0, 0.1) is 13.8 Å². The van der Waals surface area contributed by atoms with E-state index in [0.29, 0.717) is 40.7 Å². The Balaban J connectivity index is 1.50. The molecule has 2 heterocycles. The van der Waals surface area contributed by atoms with E-state index in [-0.39, 0.29) is 18.1 Å². The number of hydrogen-bond donors (Lipinski definition) is 1. The van der Waals surface area contributed by atoms with E-state index in [9.17, 15) is 9.59 Å². The molecule has 4 rings (SSSR count). The molecular formula is C25H25N3O5. The highest BCUT2D eigenvalue weighted by Gasteiger charge is 2.20. The van der Waals surface area contributed by atoms with Crippen LogP contribution in [0.3, 0.4) is 0 Å². The smallest absolute Gasteiger partial charge is 0.287 e. The average molecular weight is 447 g/mol. The molecule has 2 aromatic carbocycles. The lowest BCUT2D eigenvalue weighted by atomic mass is 10.2.